The Balaban J connectivity index is 1.68. The zero-order valence-electron chi connectivity index (χ0n) is 15.6. The van der Waals surface area contributed by atoms with Gasteiger partial charge >= 0.3 is 6.03 Å². The van der Waals surface area contributed by atoms with Crippen molar-refractivity contribution in [1.29, 1.82) is 0 Å². The van der Waals surface area contributed by atoms with Crippen molar-refractivity contribution in [2.45, 2.75) is 19.5 Å². The number of aromatic nitrogens is 1. The number of ether oxygens (including phenoxy) is 1. The molecule has 2 aromatic carbocycles. The van der Waals surface area contributed by atoms with E-state index in [9.17, 15) is 4.79 Å². The number of fused-ring (bicyclic) bond motifs is 1. The molecule has 0 radical (unpaired) electrons. The Kier molecular flexibility index (Phi) is 4.59. The highest BCUT2D eigenvalue weighted by Crippen LogP contribution is 2.33. The van der Waals surface area contributed by atoms with Gasteiger partial charge in [0.2, 0.25) is 0 Å². The van der Waals surface area contributed by atoms with Gasteiger partial charge in [-0.25, -0.2) is 4.79 Å². The molecule has 0 aliphatic carbocycles. The highest BCUT2D eigenvalue weighted by atomic mass is 16.5. The molecule has 0 bridgehead atoms. The molecule has 0 fully saturated rings. The number of rotatable bonds is 3. The summed E-state index contributed by atoms with van der Waals surface area (Å²) in [7, 11) is 1.61. The van der Waals surface area contributed by atoms with Crippen LogP contribution in [0.2, 0.25) is 0 Å². The van der Waals surface area contributed by atoms with E-state index < -0.39 is 0 Å². The molecule has 1 atom stereocenters. The molecule has 0 spiro atoms. The number of methoxy groups -OCH3 is 1. The Bertz CT molecular complexity index is 946. The first-order chi connectivity index (χ1) is 13.2. The number of hydrogen-bond acceptors (Lipinski definition) is 2. The lowest BCUT2D eigenvalue weighted by atomic mass is 9.99. The standard InChI is InChI=1S/C22H23N3O2/c1-16-9-11-17(12-10-16)21-19-7-5-13-24(19)14-15-25(21)22(26)23-18-6-3-4-8-20(18)27-2/h3-13,21H,14-15H2,1-2H3,(H,23,26). The molecule has 2 amide bonds. The van der Waals surface area contributed by atoms with Crippen LogP contribution in [0.4, 0.5) is 10.5 Å². The van der Waals surface area contributed by atoms with E-state index in [0.717, 1.165) is 17.8 Å². The minimum atomic E-state index is -0.127. The van der Waals surface area contributed by atoms with Crippen molar-refractivity contribution in [2.24, 2.45) is 0 Å². The molecule has 1 unspecified atom stereocenters. The van der Waals surface area contributed by atoms with Gasteiger partial charge in [-0.3, -0.25) is 0 Å². The molecule has 2 heterocycles. The Morgan fingerprint density at radius 1 is 1.04 bits per heavy atom. The third-order valence-electron chi connectivity index (χ3n) is 5.04. The predicted molar refractivity (Wildman–Crippen MR) is 106 cm³/mol. The summed E-state index contributed by atoms with van der Waals surface area (Å²) in [6, 6.07) is 19.7. The lowest BCUT2D eigenvalue weighted by Gasteiger charge is -2.37. The number of carbonyl (C=O) groups is 1. The van der Waals surface area contributed by atoms with Crippen LogP contribution < -0.4 is 10.1 Å². The van der Waals surface area contributed by atoms with Gasteiger partial charge in [-0.2, -0.15) is 0 Å². The fourth-order valence-electron chi connectivity index (χ4n) is 3.64. The van der Waals surface area contributed by atoms with Gasteiger partial charge < -0.3 is 19.5 Å². The summed E-state index contributed by atoms with van der Waals surface area (Å²) in [5, 5.41) is 3.02. The molecule has 1 N–H and O–H groups in total. The monoisotopic (exact) mass is 361 g/mol. The van der Waals surface area contributed by atoms with Crippen molar-refractivity contribution < 1.29 is 9.53 Å². The third kappa shape index (κ3) is 3.28. The molecule has 1 aliphatic rings. The normalized spacial score (nSPS) is 15.9. The fourth-order valence-corrected chi connectivity index (χ4v) is 3.64. The van der Waals surface area contributed by atoms with Crippen LogP contribution in [0.5, 0.6) is 5.75 Å². The number of urea groups is 1. The minimum absolute atomic E-state index is 0.121. The Hall–Kier alpha value is -3.21. The maximum Gasteiger partial charge on any atom is 0.322 e. The van der Waals surface area contributed by atoms with E-state index in [1.807, 2.05) is 35.2 Å². The number of hydrogen-bond donors (Lipinski definition) is 1. The van der Waals surface area contributed by atoms with Crippen LogP contribution in [-0.4, -0.2) is 29.2 Å². The van der Waals surface area contributed by atoms with Crippen LogP contribution in [0.25, 0.3) is 0 Å². The number of benzene rings is 2. The molecule has 1 aliphatic heterocycles. The molecular weight excluding hydrogens is 338 g/mol. The topological polar surface area (TPSA) is 46.5 Å². The molecule has 1 aromatic heterocycles. The minimum Gasteiger partial charge on any atom is -0.495 e. The summed E-state index contributed by atoms with van der Waals surface area (Å²) in [4.78, 5) is 15.1. The summed E-state index contributed by atoms with van der Waals surface area (Å²) in [5.41, 5.74) is 4.11. The van der Waals surface area contributed by atoms with Crippen molar-refractivity contribution in [3.8, 4) is 5.75 Å². The van der Waals surface area contributed by atoms with Gasteiger partial charge in [0.25, 0.3) is 0 Å². The molecule has 0 saturated heterocycles. The van der Waals surface area contributed by atoms with Crippen LogP contribution in [0, 0.1) is 6.92 Å². The Labute approximate surface area is 159 Å². The quantitative estimate of drug-likeness (QED) is 0.749. The average Bonchev–Trinajstić information content (AvgIpc) is 3.17. The first-order valence-corrected chi connectivity index (χ1v) is 9.09. The Morgan fingerprint density at radius 3 is 2.59 bits per heavy atom. The van der Waals surface area contributed by atoms with Gasteiger partial charge in [-0.1, -0.05) is 42.0 Å². The molecule has 27 heavy (non-hydrogen) atoms. The molecule has 3 aromatic rings. The zero-order chi connectivity index (χ0) is 18.8. The first-order valence-electron chi connectivity index (χ1n) is 9.09. The van der Waals surface area contributed by atoms with E-state index in [1.54, 1.807) is 7.11 Å². The molecule has 138 valence electrons. The second kappa shape index (κ2) is 7.19. The number of aryl methyl sites for hydroxylation is 1. The second-order valence-electron chi connectivity index (χ2n) is 6.76. The highest BCUT2D eigenvalue weighted by molar-refractivity contribution is 5.91. The van der Waals surface area contributed by atoms with Gasteiger partial charge in [0.1, 0.15) is 5.75 Å². The van der Waals surface area contributed by atoms with Crippen LogP contribution in [0.3, 0.4) is 0 Å². The van der Waals surface area contributed by atoms with Gasteiger partial charge in [0.15, 0.2) is 0 Å². The first kappa shape index (κ1) is 17.2. The number of carbonyl (C=O) groups excluding carboxylic acids is 1. The summed E-state index contributed by atoms with van der Waals surface area (Å²) >= 11 is 0. The van der Waals surface area contributed by atoms with Gasteiger partial charge in [-0.15, -0.1) is 0 Å². The number of nitrogens with one attached hydrogen (secondary N) is 1. The smallest absolute Gasteiger partial charge is 0.322 e. The van der Waals surface area contributed by atoms with Crippen molar-refractivity contribution in [1.82, 2.24) is 9.47 Å². The summed E-state index contributed by atoms with van der Waals surface area (Å²) in [5.74, 6) is 0.651. The predicted octanol–water partition coefficient (Wildman–Crippen LogP) is 4.44. The molecule has 5 heteroatoms. The summed E-state index contributed by atoms with van der Waals surface area (Å²) in [6.45, 7) is 3.49. The lowest BCUT2D eigenvalue weighted by Crippen LogP contribution is -2.44. The molecular formula is C22H23N3O2. The van der Waals surface area contributed by atoms with Crippen LogP contribution >= 0.6 is 0 Å². The Morgan fingerprint density at radius 2 is 1.81 bits per heavy atom. The van der Waals surface area contributed by atoms with Gasteiger partial charge in [0, 0.05) is 25.0 Å². The van der Waals surface area contributed by atoms with E-state index in [-0.39, 0.29) is 12.1 Å². The number of nitrogens with zero attached hydrogens (tertiary/aromatic N) is 2. The van der Waals surface area contributed by atoms with Crippen LogP contribution in [0.1, 0.15) is 22.9 Å². The van der Waals surface area contributed by atoms with E-state index in [1.165, 1.54) is 5.56 Å². The highest BCUT2D eigenvalue weighted by Gasteiger charge is 2.32. The van der Waals surface area contributed by atoms with E-state index in [4.69, 9.17) is 4.74 Å². The molecule has 5 nitrogen and oxygen atoms in total. The summed E-state index contributed by atoms with van der Waals surface area (Å²) < 4.78 is 7.58. The lowest BCUT2D eigenvalue weighted by molar-refractivity contribution is 0.181. The maximum absolute atomic E-state index is 13.2. The van der Waals surface area contributed by atoms with E-state index in [0.29, 0.717) is 18.0 Å². The third-order valence-corrected chi connectivity index (χ3v) is 5.04. The van der Waals surface area contributed by atoms with Crippen LogP contribution in [0.15, 0.2) is 66.9 Å². The number of anilines is 1. The molecule has 0 saturated carbocycles. The second-order valence-corrected chi connectivity index (χ2v) is 6.76. The fraction of sp³-hybridized carbons (Fsp3) is 0.227. The zero-order valence-corrected chi connectivity index (χ0v) is 15.6. The number of para-hydroxylation sites is 2. The van der Waals surface area contributed by atoms with E-state index >= 15 is 0 Å². The van der Waals surface area contributed by atoms with Gasteiger partial charge in [0.05, 0.1) is 18.8 Å². The average molecular weight is 361 g/mol. The van der Waals surface area contributed by atoms with Crippen molar-refractivity contribution >= 4 is 11.7 Å². The van der Waals surface area contributed by atoms with E-state index in [2.05, 4.69) is 53.3 Å². The van der Waals surface area contributed by atoms with Crippen molar-refractivity contribution in [3.05, 3.63) is 83.7 Å². The van der Waals surface area contributed by atoms with Crippen molar-refractivity contribution in [2.75, 3.05) is 19.0 Å². The molecule has 4 rings (SSSR count). The van der Waals surface area contributed by atoms with Crippen LogP contribution in [-0.2, 0) is 6.54 Å². The van der Waals surface area contributed by atoms with Gasteiger partial charge in [-0.05, 0) is 36.8 Å². The number of amides is 2. The largest absolute Gasteiger partial charge is 0.495 e. The van der Waals surface area contributed by atoms with Crippen molar-refractivity contribution in [3.63, 3.8) is 0 Å². The SMILES string of the molecule is COc1ccccc1NC(=O)N1CCn2cccc2C1c1ccc(C)cc1. The maximum atomic E-state index is 13.2. The summed E-state index contributed by atoms with van der Waals surface area (Å²) in [6.07, 6.45) is 2.08.